The molecule has 0 radical (unpaired) electrons. The van der Waals surface area contributed by atoms with E-state index in [9.17, 15) is 0 Å². The molecule has 0 aliphatic heterocycles. The minimum Gasteiger partial charge on any atom is -0.354 e. The Balaban J connectivity index is 0.00000400. The molecule has 0 aromatic carbocycles. The number of guanidine groups is 1. The lowest BCUT2D eigenvalue weighted by Gasteiger charge is -2.23. The Morgan fingerprint density at radius 1 is 1.43 bits per heavy atom. The maximum atomic E-state index is 4.28. The van der Waals surface area contributed by atoms with Crippen LogP contribution in [0.3, 0.4) is 0 Å². The fraction of sp³-hybridized carbons (Fsp3) is 0.733. The number of aryl methyl sites for hydroxylation is 1. The first-order valence-corrected chi connectivity index (χ1v) is 8.06. The van der Waals surface area contributed by atoms with Crippen LogP contribution < -0.4 is 10.6 Å². The molecule has 2 N–H and O–H groups in total. The first kappa shape index (κ1) is 20.6. The average Bonchev–Trinajstić information content (AvgIpc) is 2.77. The van der Waals surface area contributed by atoms with Crippen LogP contribution >= 0.6 is 35.3 Å². The molecular formula is C15H29IN4S. The molecule has 0 spiro atoms. The van der Waals surface area contributed by atoms with Gasteiger partial charge < -0.3 is 10.6 Å². The fourth-order valence-electron chi connectivity index (χ4n) is 1.81. The zero-order chi connectivity index (χ0) is 15.2. The number of rotatable bonds is 5. The van der Waals surface area contributed by atoms with Crippen LogP contribution in [0.5, 0.6) is 0 Å². The normalized spacial score (nSPS) is 13.5. The largest absolute Gasteiger partial charge is 0.354 e. The second-order valence-electron chi connectivity index (χ2n) is 6.43. The van der Waals surface area contributed by atoms with E-state index in [1.54, 1.807) is 11.3 Å². The van der Waals surface area contributed by atoms with E-state index < -0.39 is 0 Å². The zero-order valence-corrected chi connectivity index (χ0v) is 17.1. The molecule has 0 amide bonds. The van der Waals surface area contributed by atoms with Crippen LogP contribution in [-0.4, -0.2) is 24.0 Å². The lowest BCUT2D eigenvalue weighted by atomic mass is 9.89. The highest BCUT2D eigenvalue weighted by atomic mass is 127. The van der Waals surface area contributed by atoms with Crippen LogP contribution in [0.1, 0.15) is 51.1 Å². The standard InChI is InChI=1S/C15H28N4S.HI/c1-11(7-8-15(3,4)5)19-14(16-6)17-9-13-12(2)18-10-20-13;/h10-11H,7-9H2,1-6H3,(H2,16,17,19);1H. The van der Waals surface area contributed by atoms with Crippen LogP contribution in [0.25, 0.3) is 0 Å². The number of thiazole rings is 1. The highest BCUT2D eigenvalue weighted by Gasteiger charge is 2.13. The van der Waals surface area contributed by atoms with Gasteiger partial charge in [-0.2, -0.15) is 0 Å². The van der Waals surface area contributed by atoms with Gasteiger partial charge in [0.25, 0.3) is 0 Å². The van der Waals surface area contributed by atoms with Crippen LogP contribution in [0.2, 0.25) is 0 Å². The molecule has 1 unspecified atom stereocenters. The summed E-state index contributed by atoms with van der Waals surface area (Å²) in [6, 6.07) is 0.419. The summed E-state index contributed by atoms with van der Waals surface area (Å²) in [5, 5.41) is 6.79. The van der Waals surface area contributed by atoms with Gasteiger partial charge in [0.05, 0.1) is 17.7 Å². The fourth-order valence-corrected chi connectivity index (χ4v) is 2.53. The van der Waals surface area contributed by atoms with Gasteiger partial charge in [-0.05, 0) is 32.1 Å². The number of aliphatic imine (C=N–C) groups is 1. The molecule has 0 aliphatic rings. The van der Waals surface area contributed by atoms with Gasteiger partial charge in [-0.3, -0.25) is 4.99 Å². The third-order valence-corrected chi connectivity index (χ3v) is 4.13. The summed E-state index contributed by atoms with van der Waals surface area (Å²) in [5.74, 6) is 0.860. The van der Waals surface area contributed by atoms with Crippen molar-refractivity contribution in [1.82, 2.24) is 15.6 Å². The molecule has 1 atom stereocenters. The predicted octanol–water partition coefficient (Wildman–Crippen LogP) is 3.95. The molecule has 122 valence electrons. The Kier molecular flexibility index (Phi) is 9.44. The Morgan fingerprint density at radius 2 is 2.10 bits per heavy atom. The summed E-state index contributed by atoms with van der Waals surface area (Å²) < 4.78 is 0. The Hall–Kier alpha value is -0.370. The molecule has 1 aromatic rings. The summed E-state index contributed by atoms with van der Waals surface area (Å²) in [4.78, 5) is 9.80. The van der Waals surface area contributed by atoms with Gasteiger partial charge in [0.2, 0.25) is 0 Å². The van der Waals surface area contributed by atoms with E-state index in [4.69, 9.17) is 0 Å². The van der Waals surface area contributed by atoms with Gasteiger partial charge in [0.15, 0.2) is 5.96 Å². The third kappa shape index (κ3) is 8.60. The van der Waals surface area contributed by atoms with E-state index in [0.29, 0.717) is 11.5 Å². The quantitative estimate of drug-likeness (QED) is 0.428. The minimum absolute atomic E-state index is 0. The Labute approximate surface area is 150 Å². The molecule has 0 saturated carbocycles. The van der Waals surface area contributed by atoms with Gasteiger partial charge in [0.1, 0.15) is 0 Å². The van der Waals surface area contributed by atoms with Crippen molar-refractivity contribution in [3.05, 3.63) is 16.1 Å². The number of hydrogen-bond donors (Lipinski definition) is 2. The predicted molar refractivity (Wildman–Crippen MR) is 104 cm³/mol. The summed E-state index contributed by atoms with van der Waals surface area (Å²) in [6.07, 6.45) is 2.34. The van der Waals surface area contributed by atoms with Crippen molar-refractivity contribution in [3.63, 3.8) is 0 Å². The summed E-state index contributed by atoms with van der Waals surface area (Å²) in [6.45, 7) is 11.9. The minimum atomic E-state index is 0. The smallest absolute Gasteiger partial charge is 0.191 e. The van der Waals surface area contributed by atoms with Crippen LogP contribution in [0.4, 0.5) is 0 Å². The van der Waals surface area contributed by atoms with E-state index in [0.717, 1.165) is 24.6 Å². The second-order valence-corrected chi connectivity index (χ2v) is 7.37. The lowest BCUT2D eigenvalue weighted by Crippen LogP contribution is -2.42. The van der Waals surface area contributed by atoms with Gasteiger partial charge in [0, 0.05) is 18.0 Å². The highest BCUT2D eigenvalue weighted by Crippen LogP contribution is 2.21. The summed E-state index contributed by atoms with van der Waals surface area (Å²) in [5.41, 5.74) is 3.36. The van der Waals surface area contributed by atoms with E-state index >= 15 is 0 Å². The second kappa shape index (κ2) is 9.61. The third-order valence-electron chi connectivity index (χ3n) is 3.20. The molecule has 1 rings (SSSR count). The van der Waals surface area contributed by atoms with Crippen LogP contribution in [0.15, 0.2) is 10.5 Å². The zero-order valence-electron chi connectivity index (χ0n) is 14.0. The molecular weight excluding hydrogens is 395 g/mol. The number of nitrogens with zero attached hydrogens (tertiary/aromatic N) is 2. The van der Waals surface area contributed by atoms with Gasteiger partial charge in [-0.25, -0.2) is 4.98 Å². The van der Waals surface area contributed by atoms with Gasteiger partial charge in [-0.15, -0.1) is 35.3 Å². The number of aromatic nitrogens is 1. The first-order chi connectivity index (χ1) is 9.31. The highest BCUT2D eigenvalue weighted by molar-refractivity contribution is 14.0. The average molecular weight is 424 g/mol. The monoisotopic (exact) mass is 424 g/mol. The van der Waals surface area contributed by atoms with Crippen molar-refractivity contribution in [2.75, 3.05) is 7.05 Å². The first-order valence-electron chi connectivity index (χ1n) is 7.18. The Bertz CT molecular complexity index is 437. The summed E-state index contributed by atoms with van der Waals surface area (Å²) in [7, 11) is 1.81. The molecule has 1 aromatic heterocycles. The van der Waals surface area contributed by atoms with Crippen molar-refractivity contribution in [3.8, 4) is 0 Å². The molecule has 4 nitrogen and oxygen atoms in total. The van der Waals surface area contributed by atoms with E-state index in [-0.39, 0.29) is 24.0 Å². The molecule has 0 bridgehead atoms. The van der Waals surface area contributed by atoms with Crippen molar-refractivity contribution in [2.45, 2.75) is 60.0 Å². The van der Waals surface area contributed by atoms with Crippen LogP contribution in [0, 0.1) is 12.3 Å². The molecule has 0 saturated heterocycles. The molecule has 0 aliphatic carbocycles. The lowest BCUT2D eigenvalue weighted by molar-refractivity contribution is 0.346. The van der Waals surface area contributed by atoms with Crippen molar-refractivity contribution >= 4 is 41.3 Å². The van der Waals surface area contributed by atoms with Crippen LogP contribution in [-0.2, 0) is 6.54 Å². The summed E-state index contributed by atoms with van der Waals surface area (Å²) >= 11 is 1.68. The van der Waals surface area contributed by atoms with Crippen molar-refractivity contribution in [2.24, 2.45) is 10.4 Å². The Morgan fingerprint density at radius 3 is 2.57 bits per heavy atom. The molecule has 21 heavy (non-hydrogen) atoms. The van der Waals surface area contributed by atoms with E-state index in [1.165, 1.54) is 11.3 Å². The van der Waals surface area contributed by atoms with Crippen molar-refractivity contribution < 1.29 is 0 Å². The van der Waals surface area contributed by atoms with E-state index in [2.05, 4.69) is 48.3 Å². The number of nitrogens with one attached hydrogen (secondary N) is 2. The van der Waals surface area contributed by atoms with Gasteiger partial charge >= 0.3 is 0 Å². The maximum absolute atomic E-state index is 4.28. The topological polar surface area (TPSA) is 49.3 Å². The van der Waals surface area contributed by atoms with E-state index in [1.807, 2.05) is 19.5 Å². The molecule has 6 heteroatoms. The van der Waals surface area contributed by atoms with Gasteiger partial charge in [-0.1, -0.05) is 20.8 Å². The number of halogens is 1. The van der Waals surface area contributed by atoms with Crippen molar-refractivity contribution in [1.29, 1.82) is 0 Å². The SMILES string of the molecule is CN=C(NCc1scnc1C)NC(C)CCC(C)(C)C.I. The maximum Gasteiger partial charge on any atom is 0.191 e. The molecule has 1 heterocycles. The number of hydrogen-bond acceptors (Lipinski definition) is 3. The molecule has 0 fully saturated rings.